The fourth-order valence-electron chi connectivity index (χ4n) is 1.88. The van der Waals surface area contributed by atoms with Crippen molar-refractivity contribution in [2.45, 2.75) is 30.8 Å². The number of hydrogen-bond acceptors (Lipinski definition) is 5. The number of aromatic nitrogens is 1. The molecule has 0 aliphatic rings. The summed E-state index contributed by atoms with van der Waals surface area (Å²) in [6, 6.07) is 6.40. The average Bonchev–Trinajstić information content (AvgIpc) is 2.99. The second kappa shape index (κ2) is 7.13. The molecule has 2 rings (SSSR count). The molecule has 1 unspecified atom stereocenters. The Balaban J connectivity index is 2.05. The number of benzene rings is 1. The third-order valence-electron chi connectivity index (χ3n) is 3.10. The van der Waals surface area contributed by atoms with Gasteiger partial charge in [0, 0.05) is 18.3 Å². The number of nitrogens with one attached hydrogen (secondary N) is 1. The molecule has 0 radical (unpaired) electrons. The molecule has 0 saturated heterocycles. The van der Waals surface area contributed by atoms with Crippen molar-refractivity contribution in [3.8, 4) is 0 Å². The summed E-state index contributed by atoms with van der Waals surface area (Å²) in [5.41, 5.74) is 3.21. The zero-order chi connectivity index (χ0) is 15.3. The van der Waals surface area contributed by atoms with Gasteiger partial charge in [-0.05, 0) is 24.1 Å². The minimum atomic E-state index is -3.56. The molecule has 2 N–H and O–H groups in total. The topological polar surface area (TPSA) is 79.3 Å². The first-order valence-electron chi connectivity index (χ1n) is 6.67. The maximum atomic E-state index is 12.2. The standard InChI is InChI=1S/C14H18N2O3S2/c1-2-14(17)11-4-3-5-13(8-11)21(18,19)16-7-6-12-9-20-10-15-12/h3-5,8-10,14,16-17H,2,6-7H2,1H3. The summed E-state index contributed by atoms with van der Waals surface area (Å²) >= 11 is 1.49. The SMILES string of the molecule is CCC(O)c1cccc(S(=O)(=O)NCCc2cscn2)c1. The van der Waals surface area contributed by atoms with Crippen LogP contribution in [0.3, 0.4) is 0 Å². The van der Waals surface area contributed by atoms with E-state index in [2.05, 4.69) is 9.71 Å². The van der Waals surface area contributed by atoms with Crippen LogP contribution in [-0.4, -0.2) is 25.1 Å². The van der Waals surface area contributed by atoms with Gasteiger partial charge in [-0.2, -0.15) is 0 Å². The van der Waals surface area contributed by atoms with E-state index in [1.54, 1.807) is 17.6 Å². The van der Waals surface area contributed by atoms with Crippen LogP contribution in [0, 0.1) is 0 Å². The van der Waals surface area contributed by atoms with E-state index >= 15 is 0 Å². The Hall–Kier alpha value is -1.28. The molecule has 0 saturated carbocycles. The Morgan fingerprint density at radius 1 is 1.43 bits per heavy atom. The molecule has 2 aromatic rings. The summed E-state index contributed by atoms with van der Waals surface area (Å²) in [4.78, 5) is 4.28. The summed E-state index contributed by atoms with van der Waals surface area (Å²) in [6.07, 6.45) is 0.455. The lowest BCUT2D eigenvalue weighted by atomic mass is 10.1. The number of rotatable bonds is 7. The van der Waals surface area contributed by atoms with Gasteiger partial charge in [0.2, 0.25) is 10.0 Å². The molecule has 1 aromatic carbocycles. The van der Waals surface area contributed by atoms with Crippen LogP contribution in [0.1, 0.15) is 30.7 Å². The number of hydrogen-bond donors (Lipinski definition) is 2. The summed E-state index contributed by atoms with van der Waals surface area (Å²) in [7, 11) is -3.56. The Morgan fingerprint density at radius 2 is 2.24 bits per heavy atom. The molecular weight excluding hydrogens is 308 g/mol. The minimum Gasteiger partial charge on any atom is -0.388 e. The highest BCUT2D eigenvalue weighted by Crippen LogP contribution is 2.19. The van der Waals surface area contributed by atoms with E-state index in [1.165, 1.54) is 23.5 Å². The van der Waals surface area contributed by atoms with Crippen LogP contribution in [0.15, 0.2) is 40.1 Å². The average molecular weight is 326 g/mol. The van der Waals surface area contributed by atoms with E-state index in [1.807, 2.05) is 12.3 Å². The smallest absolute Gasteiger partial charge is 0.240 e. The first-order chi connectivity index (χ1) is 10.0. The van der Waals surface area contributed by atoms with Crippen LogP contribution >= 0.6 is 11.3 Å². The van der Waals surface area contributed by atoms with Crippen molar-refractivity contribution >= 4 is 21.4 Å². The lowest BCUT2D eigenvalue weighted by molar-refractivity contribution is 0.173. The summed E-state index contributed by atoms with van der Waals surface area (Å²) < 4.78 is 27.0. The van der Waals surface area contributed by atoms with Gasteiger partial charge in [0.15, 0.2) is 0 Å². The van der Waals surface area contributed by atoms with Gasteiger partial charge >= 0.3 is 0 Å². The van der Waals surface area contributed by atoms with Crippen LogP contribution in [0.2, 0.25) is 0 Å². The molecule has 0 amide bonds. The van der Waals surface area contributed by atoms with Crippen LogP contribution in [-0.2, 0) is 16.4 Å². The molecule has 0 fully saturated rings. The second-order valence-corrected chi connectivity index (χ2v) is 7.11. The van der Waals surface area contributed by atoms with Gasteiger partial charge in [-0.25, -0.2) is 18.1 Å². The van der Waals surface area contributed by atoms with Crippen molar-refractivity contribution in [2.75, 3.05) is 6.54 Å². The van der Waals surface area contributed by atoms with E-state index in [0.717, 1.165) is 5.69 Å². The molecule has 0 aliphatic heterocycles. The zero-order valence-electron chi connectivity index (χ0n) is 11.7. The fraction of sp³-hybridized carbons (Fsp3) is 0.357. The quantitative estimate of drug-likeness (QED) is 0.817. The normalized spacial score (nSPS) is 13.2. The van der Waals surface area contributed by atoms with Crippen molar-refractivity contribution in [2.24, 2.45) is 0 Å². The van der Waals surface area contributed by atoms with Gasteiger partial charge in [0.25, 0.3) is 0 Å². The first-order valence-corrected chi connectivity index (χ1v) is 9.10. The van der Waals surface area contributed by atoms with Gasteiger partial charge in [-0.3, -0.25) is 0 Å². The highest BCUT2D eigenvalue weighted by Gasteiger charge is 2.15. The Kier molecular flexibility index (Phi) is 5.46. The molecule has 7 heteroatoms. The van der Waals surface area contributed by atoms with E-state index < -0.39 is 16.1 Å². The van der Waals surface area contributed by atoms with Gasteiger partial charge in [-0.15, -0.1) is 11.3 Å². The summed E-state index contributed by atoms with van der Waals surface area (Å²) in [6.45, 7) is 2.14. The van der Waals surface area contributed by atoms with Crippen LogP contribution < -0.4 is 4.72 Å². The van der Waals surface area contributed by atoms with Gasteiger partial charge < -0.3 is 5.11 Å². The monoisotopic (exact) mass is 326 g/mol. The number of aliphatic hydroxyl groups is 1. The van der Waals surface area contributed by atoms with E-state index in [0.29, 0.717) is 24.9 Å². The molecule has 0 aliphatic carbocycles. The summed E-state index contributed by atoms with van der Waals surface area (Å²) in [5.74, 6) is 0. The molecule has 1 aromatic heterocycles. The van der Waals surface area contributed by atoms with Crippen LogP contribution in [0.25, 0.3) is 0 Å². The van der Waals surface area contributed by atoms with Crippen LogP contribution in [0.4, 0.5) is 0 Å². The van der Waals surface area contributed by atoms with Crippen molar-refractivity contribution in [3.05, 3.63) is 46.4 Å². The zero-order valence-corrected chi connectivity index (χ0v) is 13.3. The predicted molar refractivity (Wildman–Crippen MR) is 82.7 cm³/mol. The molecule has 0 bridgehead atoms. The van der Waals surface area contributed by atoms with Crippen molar-refractivity contribution in [1.29, 1.82) is 0 Å². The van der Waals surface area contributed by atoms with Crippen LogP contribution in [0.5, 0.6) is 0 Å². The number of thiazole rings is 1. The largest absolute Gasteiger partial charge is 0.388 e. The summed E-state index contributed by atoms with van der Waals surface area (Å²) in [5, 5.41) is 11.7. The predicted octanol–water partition coefficient (Wildman–Crippen LogP) is 2.11. The molecule has 1 atom stereocenters. The molecular formula is C14H18N2O3S2. The third kappa shape index (κ3) is 4.34. The van der Waals surface area contributed by atoms with E-state index in [4.69, 9.17) is 0 Å². The lowest BCUT2D eigenvalue weighted by Gasteiger charge is -2.11. The number of sulfonamides is 1. The highest BCUT2D eigenvalue weighted by molar-refractivity contribution is 7.89. The Labute approximate surface area is 128 Å². The van der Waals surface area contributed by atoms with Crippen molar-refractivity contribution in [3.63, 3.8) is 0 Å². The highest BCUT2D eigenvalue weighted by atomic mass is 32.2. The maximum Gasteiger partial charge on any atom is 0.240 e. The van der Waals surface area contributed by atoms with Crippen molar-refractivity contribution < 1.29 is 13.5 Å². The molecule has 21 heavy (non-hydrogen) atoms. The first kappa shape index (κ1) is 16.1. The maximum absolute atomic E-state index is 12.2. The van der Waals surface area contributed by atoms with Gasteiger partial charge in [0.05, 0.1) is 22.2 Å². The minimum absolute atomic E-state index is 0.172. The van der Waals surface area contributed by atoms with Gasteiger partial charge in [0.1, 0.15) is 0 Å². The number of nitrogens with zero attached hydrogens (tertiary/aromatic N) is 1. The lowest BCUT2D eigenvalue weighted by Crippen LogP contribution is -2.26. The molecule has 0 spiro atoms. The van der Waals surface area contributed by atoms with E-state index in [-0.39, 0.29) is 4.90 Å². The number of aliphatic hydroxyl groups excluding tert-OH is 1. The fourth-order valence-corrected chi connectivity index (χ4v) is 3.56. The Morgan fingerprint density at radius 3 is 2.90 bits per heavy atom. The molecule has 114 valence electrons. The van der Waals surface area contributed by atoms with Crippen molar-refractivity contribution in [1.82, 2.24) is 9.71 Å². The molecule has 1 heterocycles. The van der Waals surface area contributed by atoms with Gasteiger partial charge in [-0.1, -0.05) is 19.1 Å². The Bertz CT molecular complexity index is 669. The third-order valence-corrected chi connectivity index (χ3v) is 5.19. The molecule has 5 nitrogen and oxygen atoms in total. The van der Waals surface area contributed by atoms with E-state index in [9.17, 15) is 13.5 Å². The second-order valence-electron chi connectivity index (χ2n) is 4.62.